The Morgan fingerprint density at radius 2 is 2.30 bits per heavy atom. The van der Waals surface area contributed by atoms with Gasteiger partial charge in [-0.05, 0) is 31.0 Å². The van der Waals surface area contributed by atoms with Crippen LogP contribution in [-0.4, -0.2) is 28.3 Å². The van der Waals surface area contributed by atoms with Crippen molar-refractivity contribution in [1.82, 2.24) is 4.98 Å². The van der Waals surface area contributed by atoms with E-state index in [1.165, 1.54) is 18.4 Å². The molecular formula is C14H13NO4S. The van der Waals surface area contributed by atoms with E-state index in [2.05, 4.69) is 4.98 Å². The van der Waals surface area contributed by atoms with Gasteiger partial charge in [-0.3, -0.25) is 4.79 Å². The first-order valence-corrected chi connectivity index (χ1v) is 7.01. The van der Waals surface area contributed by atoms with Crippen LogP contribution in [0.25, 0.3) is 10.6 Å². The van der Waals surface area contributed by atoms with Gasteiger partial charge in [-0.1, -0.05) is 0 Å². The number of aromatic hydroxyl groups is 1. The third kappa shape index (κ3) is 2.02. The van der Waals surface area contributed by atoms with Crippen LogP contribution >= 0.6 is 11.3 Å². The van der Waals surface area contributed by atoms with Gasteiger partial charge in [0.05, 0.1) is 12.8 Å². The van der Waals surface area contributed by atoms with Crippen LogP contribution in [0.5, 0.6) is 11.5 Å². The normalized spacial score (nSPS) is 16.9. The fraction of sp³-hybridized carbons (Fsp3) is 0.286. The lowest BCUT2D eigenvalue weighted by Gasteiger charge is -2.05. The van der Waals surface area contributed by atoms with E-state index in [4.69, 9.17) is 9.84 Å². The molecule has 1 aromatic heterocycles. The summed E-state index contributed by atoms with van der Waals surface area (Å²) < 4.78 is 5.08. The molecule has 2 aromatic rings. The van der Waals surface area contributed by atoms with E-state index in [1.54, 1.807) is 18.2 Å². The number of carboxylic acid groups (broad SMARTS) is 1. The summed E-state index contributed by atoms with van der Waals surface area (Å²) in [6, 6.07) is 5.01. The van der Waals surface area contributed by atoms with Gasteiger partial charge in [0.25, 0.3) is 0 Å². The zero-order valence-corrected chi connectivity index (χ0v) is 11.6. The number of thiazole rings is 1. The summed E-state index contributed by atoms with van der Waals surface area (Å²) >= 11 is 1.51. The molecule has 2 N–H and O–H groups in total. The molecule has 20 heavy (non-hydrogen) atoms. The molecule has 3 rings (SSSR count). The van der Waals surface area contributed by atoms with Crippen molar-refractivity contribution >= 4 is 17.3 Å². The fourth-order valence-electron chi connectivity index (χ4n) is 2.40. The van der Waals surface area contributed by atoms with Gasteiger partial charge in [-0.2, -0.15) is 0 Å². The number of rotatable bonds is 3. The van der Waals surface area contributed by atoms with Crippen molar-refractivity contribution in [2.75, 3.05) is 7.11 Å². The highest BCUT2D eigenvalue weighted by molar-refractivity contribution is 7.15. The van der Waals surface area contributed by atoms with E-state index in [0.29, 0.717) is 17.9 Å². The van der Waals surface area contributed by atoms with Crippen molar-refractivity contribution < 1.29 is 19.7 Å². The second kappa shape index (κ2) is 4.79. The Kier molecular flexibility index (Phi) is 3.10. The molecule has 0 aliphatic heterocycles. The molecule has 0 saturated carbocycles. The molecule has 1 atom stereocenters. The molecule has 0 spiro atoms. The molecule has 0 amide bonds. The number of aryl methyl sites for hydroxylation is 1. The number of hydrogen-bond acceptors (Lipinski definition) is 5. The lowest BCUT2D eigenvalue weighted by atomic mass is 10.1. The minimum Gasteiger partial charge on any atom is -0.504 e. The molecule has 1 heterocycles. The SMILES string of the molecule is COc1cc(-c2nc3c(s2)CCC3C(=O)O)ccc1O. The summed E-state index contributed by atoms with van der Waals surface area (Å²) in [4.78, 5) is 16.7. The Labute approximate surface area is 119 Å². The summed E-state index contributed by atoms with van der Waals surface area (Å²) in [5.74, 6) is -0.852. The Bertz CT molecular complexity index is 680. The summed E-state index contributed by atoms with van der Waals surface area (Å²) in [6.07, 6.45) is 1.39. The fourth-order valence-corrected chi connectivity index (χ4v) is 3.54. The highest BCUT2D eigenvalue weighted by atomic mass is 32.1. The van der Waals surface area contributed by atoms with Crippen LogP contribution < -0.4 is 4.74 Å². The van der Waals surface area contributed by atoms with Gasteiger partial charge in [0, 0.05) is 10.4 Å². The molecule has 5 nitrogen and oxygen atoms in total. The molecule has 0 radical (unpaired) electrons. The molecule has 1 unspecified atom stereocenters. The molecule has 1 aliphatic rings. The number of carboxylic acids is 1. The van der Waals surface area contributed by atoms with Gasteiger partial charge in [-0.15, -0.1) is 11.3 Å². The standard InChI is InChI=1S/C14H13NO4S/c1-19-10-6-7(2-4-9(10)16)13-15-12-8(14(17)18)3-5-11(12)20-13/h2,4,6,8,16H,3,5H2,1H3,(H,17,18). The Morgan fingerprint density at radius 1 is 1.50 bits per heavy atom. The van der Waals surface area contributed by atoms with Gasteiger partial charge < -0.3 is 14.9 Å². The van der Waals surface area contributed by atoms with Crippen molar-refractivity contribution in [2.45, 2.75) is 18.8 Å². The van der Waals surface area contributed by atoms with E-state index in [0.717, 1.165) is 21.9 Å². The van der Waals surface area contributed by atoms with Crippen molar-refractivity contribution in [3.8, 4) is 22.1 Å². The number of benzene rings is 1. The van der Waals surface area contributed by atoms with E-state index >= 15 is 0 Å². The predicted molar refractivity (Wildman–Crippen MR) is 74.5 cm³/mol. The van der Waals surface area contributed by atoms with Gasteiger partial charge in [-0.25, -0.2) is 4.98 Å². The first-order chi connectivity index (χ1) is 9.60. The lowest BCUT2D eigenvalue weighted by molar-refractivity contribution is -0.138. The number of fused-ring (bicyclic) bond motifs is 1. The molecule has 0 fully saturated rings. The van der Waals surface area contributed by atoms with Crippen LogP contribution in [-0.2, 0) is 11.2 Å². The Morgan fingerprint density at radius 3 is 3.00 bits per heavy atom. The average Bonchev–Trinajstić information content (AvgIpc) is 2.98. The monoisotopic (exact) mass is 291 g/mol. The molecular weight excluding hydrogens is 278 g/mol. The Balaban J connectivity index is 2.01. The summed E-state index contributed by atoms with van der Waals surface area (Å²) in [6.45, 7) is 0. The molecule has 104 valence electrons. The van der Waals surface area contributed by atoms with Crippen molar-refractivity contribution in [3.63, 3.8) is 0 Å². The second-order valence-electron chi connectivity index (χ2n) is 4.64. The van der Waals surface area contributed by atoms with Crippen molar-refractivity contribution in [3.05, 3.63) is 28.8 Å². The smallest absolute Gasteiger partial charge is 0.312 e. The van der Waals surface area contributed by atoms with Crippen LogP contribution in [0.3, 0.4) is 0 Å². The number of carbonyl (C=O) groups is 1. The van der Waals surface area contributed by atoms with E-state index < -0.39 is 11.9 Å². The highest BCUT2D eigenvalue weighted by Crippen LogP contribution is 2.41. The zero-order valence-electron chi connectivity index (χ0n) is 10.8. The minimum atomic E-state index is -0.816. The summed E-state index contributed by atoms with van der Waals surface area (Å²) in [7, 11) is 1.49. The van der Waals surface area contributed by atoms with E-state index in [-0.39, 0.29) is 5.75 Å². The summed E-state index contributed by atoms with van der Waals surface area (Å²) in [5.41, 5.74) is 1.51. The number of aromatic nitrogens is 1. The predicted octanol–water partition coefficient (Wildman–Crippen LogP) is 2.64. The number of hydrogen-bond donors (Lipinski definition) is 2. The summed E-state index contributed by atoms with van der Waals surface area (Å²) in [5, 5.41) is 19.5. The highest BCUT2D eigenvalue weighted by Gasteiger charge is 2.32. The number of ether oxygens (including phenoxy) is 1. The van der Waals surface area contributed by atoms with Crippen LogP contribution in [0.4, 0.5) is 0 Å². The first-order valence-electron chi connectivity index (χ1n) is 6.20. The van der Waals surface area contributed by atoms with Crippen LogP contribution in [0.2, 0.25) is 0 Å². The Hall–Kier alpha value is -2.08. The lowest BCUT2D eigenvalue weighted by Crippen LogP contribution is -2.08. The second-order valence-corrected chi connectivity index (χ2v) is 5.73. The van der Waals surface area contributed by atoms with Crippen LogP contribution in [0.1, 0.15) is 22.9 Å². The zero-order chi connectivity index (χ0) is 14.3. The number of phenols is 1. The average molecular weight is 291 g/mol. The third-order valence-electron chi connectivity index (χ3n) is 3.44. The molecule has 0 saturated heterocycles. The van der Waals surface area contributed by atoms with Gasteiger partial charge in [0.15, 0.2) is 11.5 Å². The van der Waals surface area contributed by atoms with E-state index in [1.807, 2.05) is 0 Å². The largest absolute Gasteiger partial charge is 0.504 e. The quantitative estimate of drug-likeness (QED) is 0.908. The van der Waals surface area contributed by atoms with Gasteiger partial charge in [0.2, 0.25) is 0 Å². The first kappa shape index (κ1) is 12.9. The molecule has 1 aliphatic carbocycles. The minimum absolute atomic E-state index is 0.0729. The number of nitrogens with zero attached hydrogens (tertiary/aromatic N) is 1. The number of phenolic OH excluding ortho intramolecular Hbond substituents is 1. The van der Waals surface area contributed by atoms with Crippen LogP contribution in [0.15, 0.2) is 18.2 Å². The van der Waals surface area contributed by atoms with Gasteiger partial charge in [0.1, 0.15) is 10.9 Å². The maximum absolute atomic E-state index is 11.2. The van der Waals surface area contributed by atoms with Gasteiger partial charge >= 0.3 is 5.97 Å². The topological polar surface area (TPSA) is 79.7 Å². The van der Waals surface area contributed by atoms with Crippen molar-refractivity contribution in [2.24, 2.45) is 0 Å². The molecule has 1 aromatic carbocycles. The maximum Gasteiger partial charge on any atom is 0.312 e. The maximum atomic E-state index is 11.2. The number of aliphatic carboxylic acids is 1. The number of methoxy groups -OCH3 is 1. The van der Waals surface area contributed by atoms with E-state index in [9.17, 15) is 9.90 Å². The van der Waals surface area contributed by atoms with Crippen LogP contribution in [0, 0.1) is 0 Å². The molecule has 6 heteroatoms. The third-order valence-corrected chi connectivity index (χ3v) is 4.62. The molecule has 0 bridgehead atoms. The van der Waals surface area contributed by atoms with Crippen molar-refractivity contribution in [1.29, 1.82) is 0 Å².